The number of hydrogen-bond acceptors (Lipinski definition) is 3. The monoisotopic (exact) mass is 363 g/mol. The molecule has 0 amide bonds. The fourth-order valence-electron chi connectivity index (χ4n) is 2.89. The SMILES string of the molecule is COc1ccc(Cn2ncc3cc(Nc4ccc(Cl)cc4)ccc32)cc1. The number of ether oxygens (including phenoxy) is 1. The molecule has 0 aliphatic rings. The van der Waals surface area contributed by atoms with Crippen LogP contribution in [0.4, 0.5) is 11.4 Å². The largest absolute Gasteiger partial charge is 0.497 e. The molecule has 1 heterocycles. The third kappa shape index (κ3) is 3.51. The molecular weight excluding hydrogens is 346 g/mol. The first kappa shape index (κ1) is 16.5. The predicted octanol–water partition coefficient (Wildman–Crippen LogP) is 5.49. The maximum absolute atomic E-state index is 5.93. The van der Waals surface area contributed by atoms with Crippen LogP contribution in [-0.4, -0.2) is 16.9 Å². The second kappa shape index (κ2) is 7.10. The van der Waals surface area contributed by atoms with E-state index in [4.69, 9.17) is 16.3 Å². The van der Waals surface area contributed by atoms with E-state index in [9.17, 15) is 0 Å². The molecule has 1 aromatic heterocycles. The average Bonchev–Trinajstić information content (AvgIpc) is 3.06. The van der Waals surface area contributed by atoms with Crippen LogP contribution in [0.5, 0.6) is 5.75 Å². The van der Waals surface area contributed by atoms with E-state index in [1.165, 1.54) is 5.56 Å². The minimum Gasteiger partial charge on any atom is -0.497 e. The van der Waals surface area contributed by atoms with E-state index in [1.54, 1.807) is 7.11 Å². The number of benzene rings is 3. The molecule has 4 rings (SSSR count). The van der Waals surface area contributed by atoms with Crippen molar-refractivity contribution in [1.82, 2.24) is 9.78 Å². The van der Waals surface area contributed by atoms with Crippen LogP contribution >= 0.6 is 11.6 Å². The molecule has 4 nitrogen and oxygen atoms in total. The third-order valence-corrected chi connectivity index (χ3v) is 4.52. The van der Waals surface area contributed by atoms with Crippen LogP contribution < -0.4 is 10.1 Å². The number of nitrogens with zero attached hydrogens (tertiary/aromatic N) is 2. The van der Waals surface area contributed by atoms with Gasteiger partial charge >= 0.3 is 0 Å². The zero-order valence-electron chi connectivity index (χ0n) is 14.3. The van der Waals surface area contributed by atoms with Crippen LogP contribution in [0, 0.1) is 0 Å². The molecule has 26 heavy (non-hydrogen) atoms. The summed E-state index contributed by atoms with van der Waals surface area (Å²) in [6.07, 6.45) is 1.89. The molecule has 0 saturated heterocycles. The topological polar surface area (TPSA) is 39.1 Å². The van der Waals surface area contributed by atoms with Crippen LogP contribution in [0.15, 0.2) is 72.9 Å². The van der Waals surface area contributed by atoms with Crippen LogP contribution in [0.1, 0.15) is 5.56 Å². The lowest BCUT2D eigenvalue weighted by molar-refractivity contribution is 0.414. The Balaban J connectivity index is 1.55. The van der Waals surface area contributed by atoms with Crippen molar-refractivity contribution < 1.29 is 4.74 Å². The van der Waals surface area contributed by atoms with E-state index >= 15 is 0 Å². The third-order valence-electron chi connectivity index (χ3n) is 4.27. The highest BCUT2D eigenvalue weighted by Crippen LogP contribution is 2.24. The van der Waals surface area contributed by atoms with E-state index in [0.29, 0.717) is 0 Å². The molecule has 5 heteroatoms. The van der Waals surface area contributed by atoms with Gasteiger partial charge < -0.3 is 10.1 Å². The Bertz CT molecular complexity index is 1020. The molecule has 1 N–H and O–H groups in total. The van der Waals surface area contributed by atoms with Crippen molar-refractivity contribution in [3.05, 3.63) is 83.5 Å². The number of hydrogen-bond donors (Lipinski definition) is 1. The van der Waals surface area contributed by atoms with Crippen LogP contribution in [0.25, 0.3) is 10.9 Å². The van der Waals surface area contributed by atoms with Gasteiger partial charge in [0.15, 0.2) is 0 Å². The van der Waals surface area contributed by atoms with Crippen molar-refractivity contribution in [3.8, 4) is 5.75 Å². The summed E-state index contributed by atoms with van der Waals surface area (Å²) in [4.78, 5) is 0. The highest BCUT2D eigenvalue weighted by Gasteiger charge is 2.05. The zero-order valence-corrected chi connectivity index (χ0v) is 15.1. The summed E-state index contributed by atoms with van der Waals surface area (Å²) in [5.41, 5.74) is 4.30. The van der Waals surface area contributed by atoms with Crippen LogP contribution in [-0.2, 0) is 6.54 Å². The molecule has 0 unspecified atom stereocenters. The van der Waals surface area contributed by atoms with Crippen molar-refractivity contribution in [2.45, 2.75) is 6.54 Å². The van der Waals surface area contributed by atoms with E-state index in [2.05, 4.69) is 40.7 Å². The summed E-state index contributed by atoms with van der Waals surface area (Å²) in [5.74, 6) is 0.858. The van der Waals surface area contributed by atoms with Crippen molar-refractivity contribution >= 4 is 33.9 Å². The second-order valence-corrected chi connectivity index (χ2v) is 6.49. The van der Waals surface area contributed by atoms with Gasteiger partial charge in [0.2, 0.25) is 0 Å². The Morgan fingerprint density at radius 2 is 1.69 bits per heavy atom. The quantitative estimate of drug-likeness (QED) is 0.509. The molecule has 3 aromatic carbocycles. The highest BCUT2D eigenvalue weighted by molar-refractivity contribution is 6.30. The van der Waals surface area contributed by atoms with Crippen LogP contribution in [0.2, 0.25) is 5.02 Å². The minimum absolute atomic E-state index is 0.720. The van der Waals surface area contributed by atoms with Gasteiger partial charge in [-0.3, -0.25) is 4.68 Å². The van der Waals surface area contributed by atoms with Gasteiger partial charge in [0.25, 0.3) is 0 Å². The molecule has 0 radical (unpaired) electrons. The Morgan fingerprint density at radius 3 is 2.42 bits per heavy atom. The smallest absolute Gasteiger partial charge is 0.118 e. The van der Waals surface area contributed by atoms with Gasteiger partial charge in [-0.05, 0) is 60.2 Å². The van der Waals surface area contributed by atoms with Crippen molar-refractivity contribution in [2.75, 3.05) is 12.4 Å². The maximum atomic E-state index is 5.93. The number of rotatable bonds is 5. The fourth-order valence-corrected chi connectivity index (χ4v) is 3.02. The second-order valence-electron chi connectivity index (χ2n) is 6.06. The van der Waals surface area contributed by atoms with Crippen molar-refractivity contribution in [2.24, 2.45) is 0 Å². The molecule has 0 spiro atoms. The molecule has 0 atom stereocenters. The number of fused-ring (bicyclic) bond motifs is 1. The summed E-state index contributed by atoms with van der Waals surface area (Å²) in [7, 11) is 1.67. The Hall–Kier alpha value is -2.98. The Morgan fingerprint density at radius 1 is 0.962 bits per heavy atom. The molecule has 130 valence electrons. The number of nitrogens with one attached hydrogen (secondary N) is 1. The lowest BCUT2D eigenvalue weighted by atomic mass is 10.2. The van der Waals surface area contributed by atoms with Gasteiger partial charge in [0, 0.05) is 21.8 Å². The molecule has 0 fully saturated rings. The molecular formula is C21H18ClN3O. The van der Waals surface area contributed by atoms with Gasteiger partial charge in [-0.1, -0.05) is 23.7 Å². The zero-order chi connectivity index (χ0) is 17.9. The summed E-state index contributed by atoms with van der Waals surface area (Å²) in [5, 5.41) is 9.74. The predicted molar refractivity (Wildman–Crippen MR) is 107 cm³/mol. The molecule has 0 aliphatic heterocycles. The fraction of sp³-hybridized carbons (Fsp3) is 0.0952. The Kier molecular flexibility index (Phi) is 4.50. The van der Waals surface area contributed by atoms with E-state index in [1.807, 2.05) is 47.3 Å². The van der Waals surface area contributed by atoms with Gasteiger partial charge in [-0.25, -0.2) is 0 Å². The highest BCUT2D eigenvalue weighted by atomic mass is 35.5. The lowest BCUT2D eigenvalue weighted by Crippen LogP contribution is -2.01. The summed E-state index contributed by atoms with van der Waals surface area (Å²) in [6, 6.07) is 22.0. The minimum atomic E-state index is 0.720. The Labute approximate surface area is 157 Å². The van der Waals surface area contributed by atoms with Gasteiger partial charge in [-0.15, -0.1) is 0 Å². The lowest BCUT2D eigenvalue weighted by Gasteiger charge is -2.08. The van der Waals surface area contributed by atoms with E-state index in [-0.39, 0.29) is 0 Å². The maximum Gasteiger partial charge on any atom is 0.118 e. The molecule has 0 bridgehead atoms. The molecule has 0 aliphatic carbocycles. The summed E-state index contributed by atoms with van der Waals surface area (Å²) >= 11 is 5.93. The average molecular weight is 364 g/mol. The van der Waals surface area contributed by atoms with E-state index < -0.39 is 0 Å². The van der Waals surface area contributed by atoms with E-state index in [0.717, 1.165) is 39.6 Å². The van der Waals surface area contributed by atoms with Crippen molar-refractivity contribution in [3.63, 3.8) is 0 Å². The number of halogens is 1. The number of aromatic nitrogens is 2. The van der Waals surface area contributed by atoms with Crippen molar-refractivity contribution in [1.29, 1.82) is 0 Å². The summed E-state index contributed by atoms with van der Waals surface area (Å²) < 4.78 is 7.21. The van der Waals surface area contributed by atoms with Crippen LogP contribution in [0.3, 0.4) is 0 Å². The first-order valence-corrected chi connectivity index (χ1v) is 8.70. The molecule has 4 aromatic rings. The first-order valence-electron chi connectivity index (χ1n) is 8.32. The standard InChI is InChI=1S/C21H18ClN3O/c1-26-20-9-2-15(3-10-20)14-25-21-11-8-19(12-16(21)13-23-25)24-18-6-4-17(22)5-7-18/h2-13,24H,14H2,1H3. The number of anilines is 2. The van der Waals surface area contributed by atoms with Gasteiger partial charge in [0.1, 0.15) is 5.75 Å². The normalized spacial score (nSPS) is 10.8. The van der Waals surface area contributed by atoms with Gasteiger partial charge in [-0.2, -0.15) is 5.10 Å². The first-order chi connectivity index (χ1) is 12.7. The number of methoxy groups -OCH3 is 1. The summed E-state index contributed by atoms with van der Waals surface area (Å²) in [6.45, 7) is 0.720. The molecule has 0 saturated carbocycles. The van der Waals surface area contributed by atoms with Gasteiger partial charge in [0.05, 0.1) is 25.4 Å².